The minimum Gasteiger partial charge on any atom is -0.377 e. The average molecular weight is 360 g/mol. The molecule has 1 aromatic heterocycles. The second-order valence-corrected chi connectivity index (χ2v) is 5.36. The van der Waals surface area contributed by atoms with E-state index in [2.05, 4.69) is 21.2 Å². The molecule has 2 aromatic rings. The third kappa shape index (κ3) is 3.05. The Morgan fingerprint density at radius 3 is 2.52 bits per heavy atom. The SMILES string of the molecule is Cn1cc(CNc2c(F)cc(F)cc2Br)c(=O)n(C)c1=O. The minimum absolute atomic E-state index is 0.00193. The quantitative estimate of drug-likeness (QED) is 0.907. The molecule has 112 valence electrons. The van der Waals surface area contributed by atoms with E-state index in [0.29, 0.717) is 0 Å². The Bertz CT molecular complexity index is 791. The Kier molecular flexibility index (Phi) is 4.26. The van der Waals surface area contributed by atoms with Crippen molar-refractivity contribution in [3.8, 4) is 0 Å². The first-order chi connectivity index (χ1) is 9.81. The van der Waals surface area contributed by atoms with Gasteiger partial charge in [0.2, 0.25) is 0 Å². The molecule has 1 N–H and O–H groups in total. The Hall–Kier alpha value is -1.96. The predicted octanol–water partition coefficient (Wildman–Crippen LogP) is 1.74. The maximum Gasteiger partial charge on any atom is 0.330 e. The smallest absolute Gasteiger partial charge is 0.330 e. The summed E-state index contributed by atoms with van der Waals surface area (Å²) in [5.74, 6) is -1.48. The molecule has 8 heteroatoms. The van der Waals surface area contributed by atoms with Crippen molar-refractivity contribution in [2.45, 2.75) is 6.54 Å². The molecule has 0 fully saturated rings. The van der Waals surface area contributed by atoms with E-state index in [0.717, 1.165) is 16.7 Å². The van der Waals surface area contributed by atoms with Crippen LogP contribution >= 0.6 is 15.9 Å². The van der Waals surface area contributed by atoms with Crippen molar-refractivity contribution in [3.63, 3.8) is 0 Å². The van der Waals surface area contributed by atoms with Gasteiger partial charge in [0, 0.05) is 37.4 Å². The predicted molar refractivity (Wildman–Crippen MR) is 78.3 cm³/mol. The van der Waals surface area contributed by atoms with Crippen LogP contribution in [0.2, 0.25) is 0 Å². The van der Waals surface area contributed by atoms with E-state index < -0.39 is 22.9 Å². The van der Waals surface area contributed by atoms with Crippen LogP contribution in [0.4, 0.5) is 14.5 Å². The van der Waals surface area contributed by atoms with Gasteiger partial charge in [0.1, 0.15) is 11.6 Å². The highest BCUT2D eigenvalue weighted by atomic mass is 79.9. The number of nitrogens with zero attached hydrogens (tertiary/aromatic N) is 2. The normalized spacial score (nSPS) is 10.7. The van der Waals surface area contributed by atoms with Gasteiger partial charge in [0.05, 0.1) is 11.3 Å². The zero-order valence-electron chi connectivity index (χ0n) is 11.3. The minimum atomic E-state index is -0.775. The summed E-state index contributed by atoms with van der Waals surface area (Å²) in [5, 5.41) is 2.72. The molecule has 0 aliphatic heterocycles. The van der Waals surface area contributed by atoms with E-state index in [1.165, 1.54) is 24.9 Å². The molecule has 0 saturated heterocycles. The summed E-state index contributed by atoms with van der Waals surface area (Å²) in [5.41, 5.74) is -0.579. The van der Waals surface area contributed by atoms with Crippen LogP contribution in [0.15, 0.2) is 32.4 Å². The monoisotopic (exact) mass is 359 g/mol. The third-order valence-electron chi connectivity index (χ3n) is 2.98. The molecule has 0 radical (unpaired) electrons. The van der Waals surface area contributed by atoms with Gasteiger partial charge >= 0.3 is 5.69 Å². The molecule has 1 heterocycles. The van der Waals surface area contributed by atoms with E-state index >= 15 is 0 Å². The molecule has 0 amide bonds. The van der Waals surface area contributed by atoms with E-state index in [1.54, 1.807) is 0 Å². The van der Waals surface area contributed by atoms with Crippen LogP contribution in [-0.2, 0) is 20.6 Å². The molecular weight excluding hydrogens is 348 g/mol. The second kappa shape index (κ2) is 5.80. The van der Waals surface area contributed by atoms with Crippen molar-refractivity contribution in [1.29, 1.82) is 0 Å². The molecule has 2 rings (SSSR count). The fraction of sp³-hybridized carbons (Fsp3) is 0.231. The van der Waals surface area contributed by atoms with Crippen molar-refractivity contribution in [3.05, 3.63) is 60.8 Å². The molecule has 0 atom stereocenters. The average Bonchev–Trinajstić information content (AvgIpc) is 2.40. The zero-order chi connectivity index (χ0) is 15.7. The van der Waals surface area contributed by atoms with E-state index in [4.69, 9.17) is 0 Å². The summed E-state index contributed by atoms with van der Waals surface area (Å²) < 4.78 is 29.1. The summed E-state index contributed by atoms with van der Waals surface area (Å²) in [4.78, 5) is 23.5. The van der Waals surface area contributed by atoms with Gasteiger partial charge in [-0.25, -0.2) is 13.6 Å². The maximum atomic E-state index is 13.7. The molecule has 0 aliphatic carbocycles. The van der Waals surface area contributed by atoms with Gasteiger partial charge in [0.25, 0.3) is 5.56 Å². The fourth-order valence-corrected chi connectivity index (χ4v) is 2.45. The van der Waals surface area contributed by atoms with Crippen LogP contribution in [-0.4, -0.2) is 9.13 Å². The molecule has 0 unspecified atom stereocenters. The summed E-state index contributed by atoms with van der Waals surface area (Å²) in [6.07, 6.45) is 1.38. The van der Waals surface area contributed by atoms with E-state index in [1.807, 2.05) is 0 Å². The third-order valence-corrected chi connectivity index (χ3v) is 3.61. The summed E-state index contributed by atoms with van der Waals surface area (Å²) in [6.45, 7) is 0.00193. The Labute approximate surface area is 127 Å². The van der Waals surface area contributed by atoms with Gasteiger partial charge in [-0.1, -0.05) is 0 Å². The molecule has 0 aliphatic rings. The molecule has 0 bridgehead atoms. The lowest BCUT2D eigenvalue weighted by Gasteiger charge is -2.11. The number of benzene rings is 1. The summed E-state index contributed by atoms with van der Waals surface area (Å²) in [7, 11) is 2.88. The number of aryl methyl sites for hydroxylation is 1. The lowest BCUT2D eigenvalue weighted by molar-refractivity contribution is 0.583. The first-order valence-electron chi connectivity index (χ1n) is 5.95. The first-order valence-corrected chi connectivity index (χ1v) is 6.74. The molecule has 0 saturated carbocycles. The Balaban J connectivity index is 2.34. The molecule has 1 aromatic carbocycles. The number of hydrogen-bond donors (Lipinski definition) is 1. The molecule has 5 nitrogen and oxygen atoms in total. The highest BCUT2D eigenvalue weighted by Gasteiger charge is 2.11. The maximum absolute atomic E-state index is 13.7. The Morgan fingerprint density at radius 2 is 1.90 bits per heavy atom. The van der Waals surface area contributed by atoms with Crippen LogP contribution in [0, 0.1) is 11.6 Å². The van der Waals surface area contributed by atoms with Crippen LogP contribution in [0.3, 0.4) is 0 Å². The fourth-order valence-electron chi connectivity index (χ4n) is 1.90. The second-order valence-electron chi connectivity index (χ2n) is 4.51. The highest BCUT2D eigenvalue weighted by Crippen LogP contribution is 2.27. The van der Waals surface area contributed by atoms with Crippen LogP contribution in [0.25, 0.3) is 0 Å². The van der Waals surface area contributed by atoms with Gasteiger partial charge in [-0.15, -0.1) is 0 Å². The van der Waals surface area contributed by atoms with Crippen molar-refractivity contribution in [2.24, 2.45) is 14.1 Å². The molecule has 21 heavy (non-hydrogen) atoms. The van der Waals surface area contributed by atoms with Crippen molar-refractivity contribution in [1.82, 2.24) is 9.13 Å². The van der Waals surface area contributed by atoms with E-state index in [-0.39, 0.29) is 22.3 Å². The lowest BCUT2D eigenvalue weighted by atomic mass is 10.2. The van der Waals surface area contributed by atoms with E-state index in [9.17, 15) is 18.4 Å². The summed E-state index contributed by atoms with van der Waals surface area (Å²) in [6, 6.07) is 1.86. The standard InChI is InChI=1S/C13H12BrF2N3O2/c1-18-6-7(12(20)19(2)13(18)21)5-17-11-9(14)3-8(15)4-10(11)16/h3-4,6,17H,5H2,1-2H3. The van der Waals surface area contributed by atoms with Gasteiger partial charge in [-0.3, -0.25) is 9.36 Å². The number of halogens is 3. The number of aromatic nitrogens is 2. The lowest BCUT2D eigenvalue weighted by Crippen LogP contribution is -2.38. The van der Waals surface area contributed by atoms with Crippen LogP contribution in [0.1, 0.15) is 5.56 Å². The number of rotatable bonds is 3. The molecule has 0 spiro atoms. The van der Waals surface area contributed by atoms with Gasteiger partial charge < -0.3 is 9.88 Å². The number of anilines is 1. The topological polar surface area (TPSA) is 56.0 Å². The zero-order valence-corrected chi connectivity index (χ0v) is 12.9. The van der Waals surface area contributed by atoms with Crippen LogP contribution < -0.4 is 16.6 Å². The Morgan fingerprint density at radius 1 is 1.24 bits per heavy atom. The van der Waals surface area contributed by atoms with Crippen molar-refractivity contribution in [2.75, 3.05) is 5.32 Å². The van der Waals surface area contributed by atoms with Crippen molar-refractivity contribution >= 4 is 21.6 Å². The van der Waals surface area contributed by atoms with Crippen LogP contribution in [0.5, 0.6) is 0 Å². The van der Waals surface area contributed by atoms with Gasteiger partial charge in [0.15, 0.2) is 0 Å². The first kappa shape index (κ1) is 15.4. The molecular formula is C13H12BrF2N3O2. The summed E-state index contributed by atoms with van der Waals surface area (Å²) >= 11 is 3.05. The van der Waals surface area contributed by atoms with Gasteiger partial charge in [-0.2, -0.15) is 0 Å². The van der Waals surface area contributed by atoms with Gasteiger partial charge in [-0.05, 0) is 22.0 Å². The largest absolute Gasteiger partial charge is 0.377 e. The highest BCUT2D eigenvalue weighted by molar-refractivity contribution is 9.10. The number of nitrogens with one attached hydrogen (secondary N) is 1. The number of hydrogen-bond acceptors (Lipinski definition) is 3. The van der Waals surface area contributed by atoms with Crippen molar-refractivity contribution < 1.29 is 8.78 Å².